The quantitative estimate of drug-likeness (QED) is 0.501. The molecule has 2 atom stereocenters. The molecule has 2 heterocycles. The molecule has 3 N–H and O–H groups in total. The Morgan fingerprint density at radius 3 is 2.92 bits per heavy atom. The minimum absolute atomic E-state index is 0.200. The number of rotatable bonds is 7. The first kappa shape index (κ1) is 20.7. The number of piperidine rings is 1. The van der Waals surface area contributed by atoms with E-state index >= 15 is 0 Å². The Morgan fingerprint density at radius 2 is 2.27 bits per heavy atom. The molecular formula is C19H32N4O2S. The Hall–Kier alpha value is -1.60. The van der Waals surface area contributed by atoms with Gasteiger partial charge in [-0.2, -0.15) is 0 Å². The zero-order chi connectivity index (χ0) is 19.0. The monoisotopic (exact) mass is 380 g/mol. The van der Waals surface area contributed by atoms with Gasteiger partial charge in [0.05, 0.1) is 6.54 Å². The molecule has 1 saturated heterocycles. The number of carbonyl (C=O) groups is 1. The van der Waals surface area contributed by atoms with Crippen molar-refractivity contribution in [1.29, 1.82) is 0 Å². The summed E-state index contributed by atoms with van der Waals surface area (Å²) in [6.07, 6.45) is 3.87. The molecule has 0 spiro atoms. The smallest absolute Gasteiger partial charge is 0.224 e. The molecule has 1 aliphatic rings. The lowest BCUT2D eigenvalue weighted by molar-refractivity contribution is -0.134. The predicted octanol–water partition coefficient (Wildman–Crippen LogP) is 2.30. The maximum atomic E-state index is 12.4. The largest absolute Gasteiger partial charge is 0.383 e. The van der Waals surface area contributed by atoms with Gasteiger partial charge in [-0.3, -0.25) is 4.79 Å². The first-order valence-electron chi connectivity index (χ1n) is 9.52. The maximum absolute atomic E-state index is 12.4. The van der Waals surface area contributed by atoms with Crippen molar-refractivity contribution in [1.82, 2.24) is 15.5 Å². The van der Waals surface area contributed by atoms with E-state index in [-0.39, 0.29) is 12.5 Å². The van der Waals surface area contributed by atoms with Gasteiger partial charge in [0.25, 0.3) is 0 Å². The number of carbonyl (C=O) groups excluding carboxylic acids is 1. The Bertz CT molecular complexity index is 586. The second-order valence-corrected chi connectivity index (χ2v) is 8.00. The third kappa shape index (κ3) is 5.99. The molecule has 2 unspecified atom stereocenters. The van der Waals surface area contributed by atoms with Crippen LogP contribution in [0.15, 0.2) is 22.5 Å². The van der Waals surface area contributed by atoms with Gasteiger partial charge in [-0.25, -0.2) is 4.99 Å². The average molecular weight is 381 g/mol. The van der Waals surface area contributed by atoms with Crippen molar-refractivity contribution in [3.8, 4) is 0 Å². The molecule has 0 aliphatic carbocycles. The lowest BCUT2D eigenvalue weighted by Crippen LogP contribution is -2.44. The van der Waals surface area contributed by atoms with Crippen LogP contribution in [0.25, 0.3) is 0 Å². The van der Waals surface area contributed by atoms with Gasteiger partial charge in [-0.1, -0.05) is 6.07 Å². The summed E-state index contributed by atoms with van der Waals surface area (Å²) < 4.78 is 0. The van der Waals surface area contributed by atoms with Crippen LogP contribution in [0.1, 0.15) is 51.3 Å². The number of aliphatic imine (C=N–C) groups is 1. The fourth-order valence-electron chi connectivity index (χ4n) is 3.14. The average Bonchev–Trinajstić information content (AvgIpc) is 3.15. The SMILES string of the molecule is CCNC(=NCC(C)(O)c1cccs1)NCCC(=O)N1CCCCC1C. The Labute approximate surface area is 160 Å². The number of thiophene rings is 1. The summed E-state index contributed by atoms with van der Waals surface area (Å²) in [6.45, 7) is 8.29. The van der Waals surface area contributed by atoms with E-state index in [4.69, 9.17) is 0 Å². The number of guanidine groups is 1. The fraction of sp³-hybridized carbons (Fsp3) is 0.684. The van der Waals surface area contributed by atoms with Crippen molar-refractivity contribution < 1.29 is 9.90 Å². The standard InChI is InChI=1S/C19H32N4O2S/c1-4-20-18(22-14-19(3,25)16-9-7-13-26-16)21-11-10-17(24)23-12-6-5-8-15(23)2/h7,9,13,15,25H,4-6,8,10-12,14H2,1-3H3,(H2,20,21,22). The predicted molar refractivity (Wildman–Crippen MR) is 108 cm³/mol. The molecule has 1 aromatic rings. The number of nitrogens with one attached hydrogen (secondary N) is 2. The van der Waals surface area contributed by atoms with E-state index < -0.39 is 5.60 Å². The highest BCUT2D eigenvalue weighted by molar-refractivity contribution is 7.10. The van der Waals surface area contributed by atoms with E-state index in [0.717, 1.165) is 30.8 Å². The minimum Gasteiger partial charge on any atom is -0.383 e. The van der Waals surface area contributed by atoms with Gasteiger partial charge >= 0.3 is 0 Å². The second-order valence-electron chi connectivity index (χ2n) is 7.06. The number of nitrogens with zero attached hydrogens (tertiary/aromatic N) is 2. The molecule has 1 amide bonds. The molecule has 0 saturated carbocycles. The second kappa shape index (κ2) is 9.92. The number of hydrogen-bond acceptors (Lipinski definition) is 4. The molecule has 1 aromatic heterocycles. The molecule has 6 nitrogen and oxygen atoms in total. The van der Waals surface area contributed by atoms with Crippen LogP contribution in [0.2, 0.25) is 0 Å². The van der Waals surface area contributed by atoms with Crippen molar-refractivity contribution in [3.63, 3.8) is 0 Å². The van der Waals surface area contributed by atoms with Gasteiger partial charge in [0.2, 0.25) is 5.91 Å². The van der Waals surface area contributed by atoms with Crippen LogP contribution in [0.4, 0.5) is 0 Å². The highest BCUT2D eigenvalue weighted by atomic mass is 32.1. The van der Waals surface area contributed by atoms with Gasteiger partial charge < -0.3 is 20.6 Å². The first-order valence-corrected chi connectivity index (χ1v) is 10.4. The lowest BCUT2D eigenvalue weighted by atomic mass is 10.0. The van der Waals surface area contributed by atoms with E-state index in [1.807, 2.05) is 29.3 Å². The van der Waals surface area contributed by atoms with Crippen molar-refractivity contribution in [3.05, 3.63) is 22.4 Å². The Balaban J connectivity index is 1.84. The van der Waals surface area contributed by atoms with E-state index in [0.29, 0.717) is 25.0 Å². The van der Waals surface area contributed by atoms with Crippen LogP contribution in [0, 0.1) is 0 Å². The van der Waals surface area contributed by atoms with Crippen molar-refractivity contribution in [2.75, 3.05) is 26.2 Å². The minimum atomic E-state index is -0.991. The van der Waals surface area contributed by atoms with E-state index in [2.05, 4.69) is 22.5 Å². The van der Waals surface area contributed by atoms with Gasteiger partial charge in [-0.05, 0) is 51.5 Å². The van der Waals surface area contributed by atoms with Crippen LogP contribution in [0.5, 0.6) is 0 Å². The van der Waals surface area contributed by atoms with Gasteiger partial charge in [0.15, 0.2) is 5.96 Å². The van der Waals surface area contributed by atoms with Crippen molar-refractivity contribution in [2.45, 2.75) is 58.1 Å². The Morgan fingerprint density at radius 1 is 1.46 bits per heavy atom. The van der Waals surface area contributed by atoms with Crippen LogP contribution in [0.3, 0.4) is 0 Å². The van der Waals surface area contributed by atoms with Crippen LogP contribution >= 0.6 is 11.3 Å². The van der Waals surface area contributed by atoms with E-state index in [1.165, 1.54) is 17.8 Å². The first-order chi connectivity index (χ1) is 12.4. The molecule has 146 valence electrons. The van der Waals surface area contributed by atoms with Crippen molar-refractivity contribution in [2.24, 2.45) is 4.99 Å². The highest BCUT2D eigenvalue weighted by Crippen LogP contribution is 2.25. The lowest BCUT2D eigenvalue weighted by Gasteiger charge is -2.33. The van der Waals surface area contributed by atoms with Crippen LogP contribution < -0.4 is 10.6 Å². The third-order valence-electron chi connectivity index (χ3n) is 4.70. The van der Waals surface area contributed by atoms with E-state index in [1.54, 1.807) is 6.92 Å². The zero-order valence-corrected chi connectivity index (χ0v) is 16.9. The summed E-state index contributed by atoms with van der Waals surface area (Å²) in [6, 6.07) is 4.19. The summed E-state index contributed by atoms with van der Waals surface area (Å²) in [5, 5.41) is 18.9. The molecule has 0 bridgehead atoms. The number of likely N-dealkylation sites (tertiary alicyclic amines) is 1. The van der Waals surface area contributed by atoms with Crippen LogP contribution in [-0.4, -0.2) is 54.1 Å². The summed E-state index contributed by atoms with van der Waals surface area (Å²) in [5.74, 6) is 0.829. The van der Waals surface area contributed by atoms with Gasteiger partial charge in [0, 0.05) is 37.0 Å². The normalized spacial score (nSPS) is 20.5. The molecule has 7 heteroatoms. The van der Waals surface area contributed by atoms with Gasteiger partial charge in [0.1, 0.15) is 5.60 Å². The molecule has 26 heavy (non-hydrogen) atoms. The third-order valence-corrected chi connectivity index (χ3v) is 5.82. The Kier molecular flexibility index (Phi) is 7.90. The maximum Gasteiger partial charge on any atom is 0.224 e. The topological polar surface area (TPSA) is 77.0 Å². The summed E-state index contributed by atoms with van der Waals surface area (Å²) in [4.78, 5) is 19.8. The number of aliphatic hydroxyl groups is 1. The summed E-state index contributed by atoms with van der Waals surface area (Å²) >= 11 is 1.52. The number of amides is 1. The molecule has 0 radical (unpaired) electrons. The number of hydrogen-bond donors (Lipinski definition) is 3. The zero-order valence-electron chi connectivity index (χ0n) is 16.1. The van der Waals surface area contributed by atoms with E-state index in [9.17, 15) is 9.90 Å². The molecular weight excluding hydrogens is 348 g/mol. The molecule has 1 aliphatic heterocycles. The summed E-state index contributed by atoms with van der Waals surface area (Å²) in [7, 11) is 0. The molecule has 0 aromatic carbocycles. The highest BCUT2D eigenvalue weighted by Gasteiger charge is 2.24. The molecule has 2 rings (SSSR count). The van der Waals surface area contributed by atoms with Gasteiger partial charge in [-0.15, -0.1) is 11.3 Å². The van der Waals surface area contributed by atoms with Crippen molar-refractivity contribution >= 4 is 23.2 Å². The summed E-state index contributed by atoms with van der Waals surface area (Å²) in [5.41, 5.74) is -0.991. The molecule has 1 fully saturated rings. The van der Waals surface area contributed by atoms with Crippen LogP contribution in [-0.2, 0) is 10.4 Å². The fourth-order valence-corrected chi connectivity index (χ4v) is 3.92.